The van der Waals surface area contributed by atoms with Crippen molar-refractivity contribution in [2.75, 3.05) is 33.3 Å². The molecule has 1 saturated heterocycles. The normalized spacial score (nSPS) is 20.6. The highest BCUT2D eigenvalue weighted by Crippen LogP contribution is 2.23. The van der Waals surface area contributed by atoms with Crippen LogP contribution in [0.4, 0.5) is 0 Å². The highest BCUT2D eigenvalue weighted by molar-refractivity contribution is 9.11. The van der Waals surface area contributed by atoms with Gasteiger partial charge < -0.3 is 15.0 Å². The van der Waals surface area contributed by atoms with E-state index in [1.807, 2.05) is 24.1 Å². The molecule has 1 unspecified atom stereocenters. The third-order valence-corrected chi connectivity index (χ3v) is 4.25. The molecule has 6 heteroatoms. The Morgan fingerprint density at radius 3 is 3.18 bits per heavy atom. The number of hydrogen-bond acceptors (Lipinski definition) is 4. The summed E-state index contributed by atoms with van der Waals surface area (Å²) in [6, 6.07) is 3.77. The molecule has 1 N–H and O–H groups in total. The van der Waals surface area contributed by atoms with Crippen LogP contribution < -0.4 is 5.32 Å². The van der Waals surface area contributed by atoms with Gasteiger partial charge in [0.25, 0.3) is 5.91 Å². The Morgan fingerprint density at radius 1 is 1.71 bits per heavy atom. The number of likely N-dealkylation sites (N-methyl/N-ethyl adjacent to an activating group) is 1. The maximum Gasteiger partial charge on any atom is 0.264 e. The van der Waals surface area contributed by atoms with E-state index in [9.17, 15) is 4.79 Å². The molecule has 17 heavy (non-hydrogen) atoms. The number of halogens is 1. The number of nitrogens with one attached hydrogen (secondary N) is 1. The van der Waals surface area contributed by atoms with Crippen molar-refractivity contribution in [1.82, 2.24) is 10.2 Å². The number of ether oxygens (including phenoxy) is 1. The maximum atomic E-state index is 12.2. The van der Waals surface area contributed by atoms with Crippen molar-refractivity contribution in [3.63, 3.8) is 0 Å². The lowest BCUT2D eigenvalue weighted by atomic mass is 10.2. The van der Waals surface area contributed by atoms with Gasteiger partial charge in [0.2, 0.25) is 0 Å². The SMILES string of the molecule is CNCC1CN(C(=O)c2ccc(Br)s2)CCO1. The van der Waals surface area contributed by atoms with E-state index in [1.54, 1.807) is 0 Å². The molecule has 0 aliphatic carbocycles. The molecule has 1 atom stereocenters. The van der Waals surface area contributed by atoms with E-state index in [1.165, 1.54) is 11.3 Å². The van der Waals surface area contributed by atoms with E-state index in [-0.39, 0.29) is 12.0 Å². The predicted molar refractivity (Wildman–Crippen MR) is 71.6 cm³/mol. The van der Waals surface area contributed by atoms with Crippen LogP contribution in [-0.2, 0) is 4.74 Å². The van der Waals surface area contributed by atoms with E-state index < -0.39 is 0 Å². The zero-order valence-corrected chi connectivity index (χ0v) is 12.0. The largest absolute Gasteiger partial charge is 0.373 e. The van der Waals surface area contributed by atoms with Gasteiger partial charge in [-0.05, 0) is 35.1 Å². The van der Waals surface area contributed by atoms with Crippen molar-refractivity contribution in [3.05, 3.63) is 20.8 Å². The lowest BCUT2D eigenvalue weighted by Crippen LogP contribution is -2.48. The summed E-state index contributed by atoms with van der Waals surface area (Å²) in [5, 5.41) is 3.07. The molecule has 2 rings (SSSR count). The van der Waals surface area contributed by atoms with Crippen LogP contribution in [0.1, 0.15) is 9.67 Å². The summed E-state index contributed by atoms with van der Waals surface area (Å²) in [4.78, 5) is 14.8. The zero-order valence-electron chi connectivity index (χ0n) is 9.61. The van der Waals surface area contributed by atoms with Gasteiger partial charge in [0.15, 0.2) is 0 Å². The monoisotopic (exact) mass is 318 g/mol. The lowest BCUT2D eigenvalue weighted by molar-refractivity contribution is -0.0194. The molecule has 1 aliphatic heterocycles. The number of carbonyl (C=O) groups is 1. The topological polar surface area (TPSA) is 41.6 Å². The summed E-state index contributed by atoms with van der Waals surface area (Å²) in [6.45, 7) is 2.73. The molecule has 0 aromatic carbocycles. The number of morpholine rings is 1. The molecule has 0 saturated carbocycles. The second-order valence-electron chi connectivity index (χ2n) is 3.91. The number of rotatable bonds is 3. The average Bonchev–Trinajstić information content (AvgIpc) is 2.76. The molecule has 2 heterocycles. The van der Waals surface area contributed by atoms with Crippen molar-refractivity contribution >= 4 is 33.2 Å². The fraction of sp³-hybridized carbons (Fsp3) is 0.545. The standard InChI is InChI=1S/C11H15BrN2O2S/c1-13-6-8-7-14(4-5-16-8)11(15)9-2-3-10(12)17-9/h2-3,8,13H,4-7H2,1H3. The summed E-state index contributed by atoms with van der Waals surface area (Å²) < 4.78 is 6.56. The van der Waals surface area contributed by atoms with Crippen LogP contribution >= 0.6 is 27.3 Å². The molecule has 1 amide bonds. The molecule has 94 valence electrons. The van der Waals surface area contributed by atoms with Crippen LogP contribution in [0.15, 0.2) is 15.9 Å². The first-order valence-electron chi connectivity index (χ1n) is 5.51. The molecule has 1 fully saturated rings. The Hall–Kier alpha value is -0.430. The Kier molecular flexibility index (Phi) is 4.55. The highest BCUT2D eigenvalue weighted by Gasteiger charge is 2.25. The number of thiophene rings is 1. The van der Waals surface area contributed by atoms with Crippen molar-refractivity contribution in [2.24, 2.45) is 0 Å². The smallest absolute Gasteiger partial charge is 0.264 e. The van der Waals surface area contributed by atoms with Gasteiger partial charge in [0.05, 0.1) is 21.4 Å². The molecular formula is C11H15BrN2O2S. The number of hydrogen-bond donors (Lipinski definition) is 1. The van der Waals surface area contributed by atoms with Crippen LogP contribution in [0.2, 0.25) is 0 Å². The van der Waals surface area contributed by atoms with Gasteiger partial charge in [0, 0.05) is 19.6 Å². The Bertz CT molecular complexity index is 395. The van der Waals surface area contributed by atoms with E-state index in [2.05, 4.69) is 21.2 Å². The molecule has 1 aliphatic rings. The maximum absolute atomic E-state index is 12.2. The van der Waals surface area contributed by atoms with Gasteiger partial charge in [-0.3, -0.25) is 4.79 Å². The van der Waals surface area contributed by atoms with Crippen molar-refractivity contribution in [3.8, 4) is 0 Å². The highest BCUT2D eigenvalue weighted by atomic mass is 79.9. The van der Waals surface area contributed by atoms with Crippen LogP contribution in [-0.4, -0.2) is 50.2 Å². The van der Waals surface area contributed by atoms with Gasteiger partial charge in [-0.15, -0.1) is 11.3 Å². The lowest BCUT2D eigenvalue weighted by Gasteiger charge is -2.32. The Labute approximate surface area is 113 Å². The number of carbonyl (C=O) groups excluding carboxylic acids is 1. The second-order valence-corrected chi connectivity index (χ2v) is 6.37. The van der Waals surface area contributed by atoms with E-state index in [0.717, 1.165) is 15.2 Å². The summed E-state index contributed by atoms with van der Waals surface area (Å²) in [7, 11) is 1.89. The minimum atomic E-state index is 0.0982. The van der Waals surface area contributed by atoms with Crippen LogP contribution in [0.25, 0.3) is 0 Å². The average molecular weight is 319 g/mol. The first-order valence-corrected chi connectivity index (χ1v) is 7.12. The Balaban J connectivity index is 1.99. The molecule has 0 spiro atoms. The molecule has 4 nitrogen and oxygen atoms in total. The first-order chi connectivity index (χ1) is 8.20. The third kappa shape index (κ3) is 3.28. The minimum absolute atomic E-state index is 0.0982. The van der Waals surface area contributed by atoms with Crippen molar-refractivity contribution < 1.29 is 9.53 Å². The third-order valence-electron chi connectivity index (χ3n) is 2.64. The summed E-state index contributed by atoms with van der Waals surface area (Å²) >= 11 is 4.85. The van der Waals surface area contributed by atoms with Crippen LogP contribution in [0.3, 0.4) is 0 Å². The predicted octanol–water partition coefficient (Wildman–Crippen LogP) is 1.57. The molecule has 0 radical (unpaired) electrons. The fourth-order valence-corrected chi connectivity index (χ4v) is 3.19. The van der Waals surface area contributed by atoms with Gasteiger partial charge in [0.1, 0.15) is 0 Å². The minimum Gasteiger partial charge on any atom is -0.373 e. The van der Waals surface area contributed by atoms with Crippen molar-refractivity contribution in [1.29, 1.82) is 0 Å². The van der Waals surface area contributed by atoms with Crippen LogP contribution in [0.5, 0.6) is 0 Å². The number of nitrogens with zero attached hydrogens (tertiary/aromatic N) is 1. The molecule has 1 aromatic heterocycles. The van der Waals surface area contributed by atoms with E-state index in [4.69, 9.17) is 4.74 Å². The van der Waals surface area contributed by atoms with Gasteiger partial charge >= 0.3 is 0 Å². The Morgan fingerprint density at radius 2 is 2.53 bits per heavy atom. The van der Waals surface area contributed by atoms with E-state index in [0.29, 0.717) is 19.7 Å². The van der Waals surface area contributed by atoms with Crippen molar-refractivity contribution in [2.45, 2.75) is 6.10 Å². The molecule has 0 bridgehead atoms. The molecule has 1 aromatic rings. The van der Waals surface area contributed by atoms with E-state index >= 15 is 0 Å². The first kappa shape index (κ1) is 13.0. The quantitative estimate of drug-likeness (QED) is 0.920. The summed E-state index contributed by atoms with van der Waals surface area (Å²) in [5.41, 5.74) is 0. The second kappa shape index (κ2) is 5.95. The van der Waals surface area contributed by atoms with Gasteiger partial charge in [-0.2, -0.15) is 0 Å². The van der Waals surface area contributed by atoms with Gasteiger partial charge in [-0.25, -0.2) is 0 Å². The molecular weight excluding hydrogens is 304 g/mol. The van der Waals surface area contributed by atoms with Crippen LogP contribution in [0, 0.1) is 0 Å². The summed E-state index contributed by atoms with van der Waals surface area (Å²) in [5.74, 6) is 0.102. The summed E-state index contributed by atoms with van der Waals surface area (Å²) in [6.07, 6.45) is 0.0982. The number of amides is 1. The zero-order chi connectivity index (χ0) is 12.3. The fourth-order valence-electron chi connectivity index (χ4n) is 1.84. The van der Waals surface area contributed by atoms with Gasteiger partial charge in [-0.1, -0.05) is 0 Å².